The molecule has 5 nitrogen and oxygen atoms in total. The third-order valence-electron chi connectivity index (χ3n) is 3.03. The lowest BCUT2D eigenvalue weighted by atomic mass is 10.1. The monoisotopic (exact) mass is 257 g/mol. The van der Waals surface area contributed by atoms with Gasteiger partial charge in [0, 0.05) is 12.2 Å². The zero-order chi connectivity index (χ0) is 12.3. The van der Waals surface area contributed by atoms with Crippen LogP contribution in [0.4, 0.5) is 0 Å². The maximum absolute atomic E-state index is 11.6. The van der Waals surface area contributed by atoms with E-state index in [1.807, 2.05) is 6.92 Å². The quantitative estimate of drug-likeness (QED) is 0.715. The molecule has 0 unspecified atom stereocenters. The average molecular weight is 257 g/mol. The Morgan fingerprint density at radius 1 is 1.53 bits per heavy atom. The maximum atomic E-state index is 11.6. The predicted octanol–water partition coefficient (Wildman–Crippen LogP) is 0.980. The molecule has 17 heavy (non-hydrogen) atoms. The summed E-state index contributed by atoms with van der Waals surface area (Å²) in [6.07, 6.45) is 5.59. The van der Waals surface area contributed by atoms with Gasteiger partial charge in [0.05, 0.1) is 11.9 Å². The van der Waals surface area contributed by atoms with Gasteiger partial charge in [0.1, 0.15) is 0 Å². The fraction of sp³-hybridized carbons (Fsp3) is 0.727. The summed E-state index contributed by atoms with van der Waals surface area (Å²) >= 11 is 0. The van der Waals surface area contributed by atoms with Crippen molar-refractivity contribution < 1.29 is 8.42 Å². The van der Waals surface area contributed by atoms with Gasteiger partial charge >= 0.3 is 0 Å². The first-order valence-electron chi connectivity index (χ1n) is 6.03. The maximum Gasteiger partial charge on any atom is 0.211 e. The molecule has 0 atom stereocenters. The molecule has 6 heteroatoms. The van der Waals surface area contributed by atoms with E-state index in [0.717, 1.165) is 36.9 Å². The smallest absolute Gasteiger partial charge is 0.211 e. The fourth-order valence-electron chi connectivity index (χ4n) is 1.79. The number of rotatable bonds is 7. The molecule has 1 aromatic rings. The Bertz CT molecular complexity index is 463. The second-order valence-corrected chi connectivity index (χ2v) is 6.59. The second kappa shape index (κ2) is 5.18. The zero-order valence-electron chi connectivity index (χ0n) is 10.1. The summed E-state index contributed by atoms with van der Waals surface area (Å²) in [6, 6.07) is 0. The van der Waals surface area contributed by atoms with E-state index in [-0.39, 0.29) is 0 Å². The predicted molar refractivity (Wildman–Crippen MR) is 66.2 cm³/mol. The number of hydrogen-bond acceptors (Lipinski definition) is 3. The number of aryl methyl sites for hydroxylation is 2. The van der Waals surface area contributed by atoms with Gasteiger partial charge in [-0.1, -0.05) is 0 Å². The van der Waals surface area contributed by atoms with Crippen LogP contribution in [-0.4, -0.2) is 30.9 Å². The number of sulfonamides is 1. The van der Waals surface area contributed by atoms with Crippen LogP contribution < -0.4 is 4.72 Å². The summed E-state index contributed by atoms with van der Waals surface area (Å²) in [6.45, 7) is 2.49. The minimum absolute atomic E-state index is 0.303. The Balaban J connectivity index is 1.67. The van der Waals surface area contributed by atoms with Crippen molar-refractivity contribution in [1.82, 2.24) is 14.9 Å². The van der Waals surface area contributed by atoms with Crippen LogP contribution in [0.3, 0.4) is 0 Å². The highest BCUT2D eigenvalue weighted by molar-refractivity contribution is 7.89. The molecule has 1 fully saturated rings. The lowest BCUT2D eigenvalue weighted by Crippen LogP contribution is -2.28. The average Bonchev–Trinajstić information content (AvgIpc) is 2.95. The molecule has 1 aromatic heterocycles. The van der Waals surface area contributed by atoms with Crippen LogP contribution in [0.2, 0.25) is 0 Å². The molecule has 2 rings (SSSR count). The summed E-state index contributed by atoms with van der Waals surface area (Å²) < 4.78 is 25.8. The van der Waals surface area contributed by atoms with Crippen LogP contribution in [0.15, 0.2) is 6.20 Å². The Labute approximate surface area is 102 Å². The van der Waals surface area contributed by atoms with Gasteiger partial charge in [-0.2, -0.15) is 5.10 Å². The lowest BCUT2D eigenvalue weighted by molar-refractivity contribution is 0.575. The van der Waals surface area contributed by atoms with Crippen LogP contribution in [-0.2, 0) is 16.4 Å². The zero-order valence-corrected chi connectivity index (χ0v) is 10.9. The molecular weight excluding hydrogens is 238 g/mol. The largest absolute Gasteiger partial charge is 0.283 e. The van der Waals surface area contributed by atoms with Gasteiger partial charge in [0.25, 0.3) is 0 Å². The summed E-state index contributed by atoms with van der Waals surface area (Å²) in [4.78, 5) is 0. The first-order valence-corrected chi connectivity index (χ1v) is 7.68. The van der Waals surface area contributed by atoms with Crippen molar-refractivity contribution >= 4 is 10.0 Å². The molecule has 0 bridgehead atoms. The van der Waals surface area contributed by atoms with Gasteiger partial charge in [0.2, 0.25) is 10.0 Å². The van der Waals surface area contributed by atoms with Crippen LogP contribution in [0, 0.1) is 12.8 Å². The first kappa shape index (κ1) is 12.6. The van der Waals surface area contributed by atoms with E-state index in [2.05, 4.69) is 14.9 Å². The molecule has 0 aromatic carbocycles. The van der Waals surface area contributed by atoms with Gasteiger partial charge in [-0.3, -0.25) is 5.10 Å². The topological polar surface area (TPSA) is 74.8 Å². The van der Waals surface area contributed by atoms with E-state index in [0.29, 0.717) is 18.2 Å². The highest BCUT2D eigenvalue weighted by Crippen LogP contribution is 2.29. The van der Waals surface area contributed by atoms with Gasteiger partial charge in [-0.25, -0.2) is 13.1 Å². The molecule has 0 spiro atoms. The molecule has 1 aliphatic rings. The van der Waals surface area contributed by atoms with Gasteiger partial charge in [0.15, 0.2) is 0 Å². The lowest BCUT2D eigenvalue weighted by Gasteiger charge is -2.05. The highest BCUT2D eigenvalue weighted by atomic mass is 32.2. The molecule has 0 aliphatic heterocycles. The number of H-pyrrole nitrogens is 1. The van der Waals surface area contributed by atoms with E-state index in [1.165, 1.54) is 0 Å². The number of nitrogens with one attached hydrogen (secondary N) is 2. The van der Waals surface area contributed by atoms with E-state index >= 15 is 0 Å². The fourth-order valence-corrected chi connectivity index (χ4v) is 3.32. The van der Waals surface area contributed by atoms with Crippen molar-refractivity contribution in [2.45, 2.75) is 32.6 Å². The minimum atomic E-state index is -3.04. The Kier molecular flexibility index (Phi) is 3.83. The van der Waals surface area contributed by atoms with E-state index in [4.69, 9.17) is 0 Å². The normalized spacial score (nSPS) is 16.3. The molecule has 0 saturated heterocycles. The Hall–Kier alpha value is -0.880. The third-order valence-corrected chi connectivity index (χ3v) is 4.59. The molecule has 2 N–H and O–H groups in total. The molecule has 96 valence electrons. The number of nitrogens with zero attached hydrogens (tertiary/aromatic N) is 1. The van der Waals surface area contributed by atoms with Crippen molar-refractivity contribution in [2.75, 3.05) is 12.3 Å². The summed E-state index contributed by atoms with van der Waals surface area (Å²) in [7, 11) is -3.04. The summed E-state index contributed by atoms with van der Waals surface area (Å²) in [5, 5.41) is 6.80. The first-order chi connectivity index (χ1) is 8.07. The Morgan fingerprint density at radius 3 is 2.88 bits per heavy atom. The van der Waals surface area contributed by atoms with Gasteiger partial charge in [-0.05, 0) is 44.1 Å². The van der Waals surface area contributed by atoms with Gasteiger partial charge in [-0.15, -0.1) is 0 Å². The molecule has 0 radical (unpaired) electrons. The molecular formula is C11H19N3O2S. The summed E-state index contributed by atoms with van der Waals surface area (Å²) in [5.41, 5.74) is 2.22. The minimum Gasteiger partial charge on any atom is -0.283 e. The molecule has 1 saturated carbocycles. The van der Waals surface area contributed by atoms with Crippen molar-refractivity contribution in [2.24, 2.45) is 5.92 Å². The van der Waals surface area contributed by atoms with Gasteiger partial charge < -0.3 is 0 Å². The number of aromatic nitrogens is 2. The Morgan fingerprint density at radius 2 is 2.29 bits per heavy atom. The standard InChI is InChI=1S/C11H19N3O2S/c1-9-11(7-12-14-9)3-2-6-13-17(15,16)8-10-4-5-10/h7,10,13H,2-6,8H2,1H3,(H,12,14). The van der Waals surface area contributed by atoms with Crippen LogP contribution in [0.5, 0.6) is 0 Å². The summed E-state index contributed by atoms with van der Waals surface area (Å²) in [5.74, 6) is 0.709. The second-order valence-electron chi connectivity index (χ2n) is 4.74. The molecule has 1 heterocycles. The molecule has 0 amide bonds. The van der Waals surface area contributed by atoms with Crippen LogP contribution in [0.25, 0.3) is 0 Å². The SMILES string of the molecule is Cc1[nH]ncc1CCCNS(=O)(=O)CC1CC1. The molecule has 1 aliphatic carbocycles. The van der Waals surface area contributed by atoms with Crippen molar-refractivity contribution in [3.63, 3.8) is 0 Å². The third kappa shape index (κ3) is 4.12. The van der Waals surface area contributed by atoms with E-state index in [9.17, 15) is 8.42 Å². The van der Waals surface area contributed by atoms with Crippen molar-refractivity contribution in [1.29, 1.82) is 0 Å². The van der Waals surface area contributed by atoms with Crippen LogP contribution in [0.1, 0.15) is 30.5 Å². The van der Waals surface area contributed by atoms with E-state index < -0.39 is 10.0 Å². The number of aromatic amines is 1. The van der Waals surface area contributed by atoms with Crippen molar-refractivity contribution in [3.05, 3.63) is 17.5 Å². The number of hydrogen-bond donors (Lipinski definition) is 2. The highest BCUT2D eigenvalue weighted by Gasteiger charge is 2.27. The van der Waals surface area contributed by atoms with Crippen molar-refractivity contribution in [3.8, 4) is 0 Å². The van der Waals surface area contributed by atoms with E-state index in [1.54, 1.807) is 6.20 Å². The van der Waals surface area contributed by atoms with Crippen LogP contribution >= 0.6 is 0 Å².